The van der Waals surface area contributed by atoms with E-state index in [2.05, 4.69) is 25.5 Å². The van der Waals surface area contributed by atoms with Crippen LogP contribution in [-0.4, -0.2) is 34.8 Å². The Morgan fingerprint density at radius 1 is 1.28 bits per heavy atom. The Morgan fingerprint density at radius 2 is 2.04 bits per heavy atom. The van der Waals surface area contributed by atoms with Crippen LogP contribution < -0.4 is 11.1 Å². The molecule has 0 aliphatic heterocycles. The van der Waals surface area contributed by atoms with Crippen LogP contribution in [0.25, 0.3) is 11.3 Å². The molecule has 2 heterocycles. The summed E-state index contributed by atoms with van der Waals surface area (Å²) in [5.74, 6) is 0.527. The third-order valence-corrected chi connectivity index (χ3v) is 4.97. The van der Waals surface area contributed by atoms with Crippen molar-refractivity contribution in [3.63, 3.8) is 0 Å². The molecular formula is C15H15ClN6O2S. The molecule has 0 bridgehead atoms. The number of aromatic amines is 1. The van der Waals surface area contributed by atoms with Gasteiger partial charge in [0.05, 0.1) is 21.2 Å². The molecule has 8 nitrogen and oxygen atoms in total. The number of nitrogens with one attached hydrogen (secondary N) is 2. The molecule has 0 aliphatic carbocycles. The summed E-state index contributed by atoms with van der Waals surface area (Å²) in [7, 11) is -3.38. The first-order valence-electron chi connectivity index (χ1n) is 7.15. The molecule has 0 radical (unpaired) electrons. The Labute approximate surface area is 149 Å². The molecule has 0 unspecified atom stereocenters. The van der Waals surface area contributed by atoms with Crippen LogP contribution in [0.5, 0.6) is 0 Å². The lowest BCUT2D eigenvalue weighted by Gasteiger charge is -2.09. The van der Waals surface area contributed by atoms with Crippen LogP contribution in [-0.2, 0) is 9.84 Å². The molecule has 0 saturated carbocycles. The van der Waals surface area contributed by atoms with Gasteiger partial charge >= 0.3 is 0 Å². The molecule has 0 atom stereocenters. The highest BCUT2D eigenvalue weighted by Crippen LogP contribution is 2.27. The topological polar surface area (TPSA) is 127 Å². The predicted octanol–water partition coefficient (Wildman–Crippen LogP) is 2.56. The molecular weight excluding hydrogens is 364 g/mol. The van der Waals surface area contributed by atoms with Gasteiger partial charge in [0.15, 0.2) is 9.84 Å². The maximum atomic E-state index is 11.6. The monoisotopic (exact) mass is 378 g/mol. The number of anilines is 3. The van der Waals surface area contributed by atoms with Gasteiger partial charge in [0.2, 0.25) is 5.95 Å². The van der Waals surface area contributed by atoms with Gasteiger partial charge in [-0.25, -0.2) is 13.4 Å². The SMILES string of the molecule is Cc1cc(-c2cnc(Nc3ccc(S(C)(=O)=O)c(Cl)c3)nc2N)n[nH]1. The minimum Gasteiger partial charge on any atom is -0.383 e. The zero-order valence-corrected chi connectivity index (χ0v) is 15.0. The second-order valence-corrected chi connectivity index (χ2v) is 7.86. The van der Waals surface area contributed by atoms with Crippen molar-refractivity contribution in [1.29, 1.82) is 0 Å². The minimum absolute atomic E-state index is 0.0596. The Morgan fingerprint density at radius 3 is 2.60 bits per heavy atom. The maximum Gasteiger partial charge on any atom is 0.229 e. The molecule has 25 heavy (non-hydrogen) atoms. The lowest BCUT2D eigenvalue weighted by atomic mass is 10.2. The summed E-state index contributed by atoms with van der Waals surface area (Å²) in [5.41, 5.74) is 8.69. The van der Waals surface area contributed by atoms with Crippen LogP contribution in [0.2, 0.25) is 5.02 Å². The van der Waals surface area contributed by atoms with E-state index < -0.39 is 9.84 Å². The van der Waals surface area contributed by atoms with Gasteiger partial charge in [-0.05, 0) is 31.2 Å². The van der Waals surface area contributed by atoms with Crippen molar-refractivity contribution in [3.05, 3.63) is 41.2 Å². The number of H-pyrrole nitrogens is 1. The third kappa shape index (κ3) is 3.72. The van der Waals surface area contributed by atoms with Crippen molar-refractivity contribution < 1.29 is 8.42 Å². The first-order valence-corrected chi connectivity index (χ1v) is 9.42. The first kappa shape index (κ1) is 17.2. The van der Waals surface area contributed by atoms with Crippen molar-refractivity contribution >= 4 is 38.9 Å². The van der Waals surface area contributed by atoms with Gasteiger partial charge in [0.1, 0.15) is 5.82 Å². The highest BCUT2D eigenvalue weighted by atomic mass is 35.5. The van der Waals surface area contributed by atoms with E-state index in [1.54, 1.807) is 12.3 Å². The van der Waals surface area contributed by atoms with E-state index in [0.29, 0.717) is 16.9 Å². The summed E-state index contributed by atoms with van der Waals surface area (Å²) in [6, 6.07) is 6.32. The standard InChI is InChI=1S/C15H15ClN6O2S/c1-8-5-12(22-21-8)10-7-18-15(20-14(10)17)19-9-3-4-13(11(16)6-9)25(2,23)24/h3-7H,1-2H3,(H,21,22)(H3,17,18,19,20). The fraction of sp³-hybridized carbons (Fsp3) is 0.133. The number of nitrogens with zero attached hydrogens (tertiary/aromatic N) is 3. The number of aryl methyl sites for hydroxylation is 1. The summed E-state index contributed by atoms with van der Waals surface area (Å²) in [6.45, 7) is 1.88. The van der Waals surface area contributed by atoms with E-state index in [4.69, 9.17) is 17.3 Å². The van der Waals surface area contributed by atoms with Crippen molar-refractivity contribution in [3.8, 4) is 11.3 Å². The van der Waals surface area contributed by atoms with Crippen LogP contribution in [0.15, 0.2) is 35.4 Å². The van der Waals surface area contributed by atoms with Gasteiger partial charge < -0.3 is 11.1 Å². The van der Waals surface area contributed by atoms with E-state index in [1.165, 1.54) is 12.1 Å². The zero-order valence-electron chi connectivity index (χ0n) is 13.4. The van der Waals surface area contributed by atoms with Crippen molar-refractivity contribution in [2.24, 2.45) is 0 Å². The first-order chi connectivity index (χ1) is 11.7. The van der Waals surface area contributed by atoms with Crippen LogP contribution in [0.1, 0.15) is 5.69 Å². The maximum absolute atomic E-state index is 11.6. The third-order valence-electron chi connectivity index (χ3n) is 3.39. The highest BCUT2D eigenvalue weighted by molar-refractivity contribution is 7.90. The number of benzene rings is 1. The minimum atomic E-state index is -3.38. The fourth-order valence-corrected chi connectivity index (χ4v) is 3.55. The number of nitrogens with two attached hydrogens (primary N) is 1. The lowest BCUT2D eigenvalue weighted by Crippen LogP contribution is -2.03. The molecule has 0 fully saturated rings. The summed E-state index contributed by atoms with van der Waals surface area (Å²) in [5, 5.41) is 10.0. The second kappa shape index (κ2) is 6.34. The zero-order chi connectivity index (χ0) is 18.2. The van der Waals surface area contributed by atoms with Crippen LogP contribution in [0.4, 0.5) is 17.5 Å². The molecule has 3 rings (SSSR count). The molecule has 0 aliphatic rings. The van der Waals surface area contributed by atoms with E-state index in [0.717, 1.165) is 11.9 Å². The number of hydrogen-bond donors (Lipinski definition) is 3. The van der Waals surface area contributed by atoms with Gasteiger partial charge in [-0.15, -0.1) is 0 Å². The number of halogens is 1. The Kier molecular flexibility index (Phi) is 4.36. The molecule has 10 heteroatoms. The van der Waals surface area contributed by atoms with Crippen LogP contribution in [0, 0.1) is 6.92 Å². The quantitative estimate of drug-likeness (QED) is 0.636. The van der Waals surface area contributed by atoms with E-state index in [-0.39, 0.29) is 21.7 Å². The fourth-order valence-electron chi connectivity index (χ4n) is 2.22. The molecule has 4 N–H and O–H groups in total. The Balaban J connectivity index is 1.87. The van der Waals surface area contributed by atoms with Gasteiger partial charge in [-0.3, -0.25) is 5.10 Å². The number of aromatic nitrogens is 4. The molecule has 1 aromatic carbocycles. The normalized spacial score (nSPS) is 11.5. The lowest BCUT2D eigenvalue weighted by molar-refractivity contribution is 0.602. The van der Waals surface area contributed by atoms with Gasteiger partial charge in [0.25, 0.3) is 0 Å². The summed E-state index contributed by atoms with van der Waals surface area (Å²) < 4.78 is 23.2. The van der Waals surface area contributed by atoms with Crippen molar-refractivity contribution in [2.75, 3.05) is 17.3 Å². The smallest absolute Gasteiger partial charge is 0.229 e. The second-order valence-electron chi connectivity index (χ2n) is 5.47. The molecule has 0 spiro atoms. The number of hydrogen-bond acceptors (Lipinski definition) is 7. The molecule has 2 aromatic heterocycles. The number of sulfone groups is 1. The van der Waals surface area contributed by atoms with Crippen molar-refractivity contribution in [1.82, 2.24) is 20.2 Å². The highest BCUT2D eigenvalue weighted by Gasteiger charge is 2.13. The number of nitrogen functional groups attached to an aromatic ring is 1. The average molecular weight is 379 g/mol. The largest absolute Gasteiger partial charge is 0.383 e. The average Bonchev–Trinajstić information content (AvgIpc) is 2.92. The van der Waals surface area contributed by atoms with E-state index in [1.807, 2.05) is 13.0 Å². The van der Waals surface area contributed by atoms with Gasteiger partial charge in [-0.1, -0.05) is 11.6 Å². The molecule has 3 aromatic rings. The van der Waals surface area contributed by atoms with Gasteiger partial charge in [-0.2, -0.15) is 10.1 Å². The van der Waals surface area contributed by atoms with Crippen molar-refractivity contribution in [2.45, 2.75) is 11.8 Å². The van der Waals surface area contributed by atoms with Gasteiger partial charge in [0, 0.05) is 23.8 Å². The summed E-state index contributed by atoms with van der Waals surface area (Å²) in [4.78, 5) is 8.46. The van der Waals surface area contributed by atoms with E-state index >= 15 is 0 Å². The number of rotatable bonds is 4. The molecule has 0 saturated heterocycles. The predicted molar refractivity (Wildman–Crippen MR) is 96.6 cm³/mol. The van der Waals surface area contributed by atoms with E-state index in [9.17, 15) is 8.42 Å². The molecule has 130 valence electrons. The summed E-state index contributed by atoms with van der Waals surface area (Å²) >= 11 is 6.02. The Hall–Kier alpha value is -2.65. The van der Waals surface area contributed by atoms with Crippen LogP contribution in [0.3, 0.4) is 0 Å². The summed E-state index contributed by atoms with van der Waals surface area (Å²) in [6.07, 6.45) is 2.66. The molecule has 0 amide bonds. The van der Waals surface area contributed by atoms with Crippen LogP contribution >= 0.6 is 11.6 Å². The Bertz CT molecular complexity index is 1050.